The summed E-state index contributed by atoms with van der Waals surface area (Å²) in [5.41, 5.74) is 8.68. The number of aryl methyl sites for hydroxylation is 1. The summed E-state index contributed by atoms with van der Waals surface area (Å²) in [4.78, 5) is 33.8. The number of ether oxygens (including phenoxy) is 1. The summed E-state index contributed by atoms with van der Waals surface area (Å²) < 4.78 is 5.54. The fourth-order valence-corrected chi connectivity index (χ4v) is 6.19. The summed E-state index contributed by atoms with van der Waals surface area (Å²) in [5.74, 6) is 0.318. The zero-order valence-electron chi connectivity index (χ0n) is 22.4. The van der Waals surface area contributed by atoms with Crippen molar-refractivity contribution in [3.63, 3.8) is 0 Å². The van der Waals surface area contributed by atoms with Gasteiger partial charge in [-0.2, -0.15) is 0 Å². The summed E-state index contributed by atoms with van der Waals surface area (Å²) in [5, 5.41) is 3.30. The molecule has 0 aromatic heterocycles. The van der Waals surface area contributed by atoms with Crippen LogP contribution in [0.2, 0.25) is 0 Å². The molecule has 4 fully saturated rings. The first-order chi connectivity index (χ1) is 18.0. The second-order valence-corrected chi connectivity index (χ2v) is 11.6. The number of likely N-dealkylation sites (tertiary alicyclic amines) is 1. The Morgan fingerprint density at radius 3 is 2.51 bits per heavy atom. The highest BCUT2D eigenvalue weighted by molar-refractivity contribution is 5.90. The van der Waals surface area contributed by atoms with E-state index in [2.05, 4.69) is 46.3 Å². The molecule has 2 aliphatic carbocycles. The molecule has 8 nitrogen and oxygen atoms in total. The van der Waals surface area contributed by atoms with Gasteiger partial charge in [0.05, 0.1) is 13.2 Å². The van der Waals surface area contributed by atoms with Crippen LogP contribution in [0.1, 0.15) is 56.1 Å². The topological polar surface area (TPSA) is 91.1 Å². The van der Waals surface area contributed by atoms with Crippen molar-refractivity contribution in [2.75, 3.05) is 45.9 Å². The number of morpholine rings is 1. The van der Waals surface area contributed by atoms with E-state index in [4.69, 9.17) is 10.5 Å². The maximum Gasteiger partial charge on any atom is 0.243 e. The van der Waals surface area contributed by atoms with Gasteiger partial charge in [-0.1, -0.05) is 24.3 Å². The van der Waals surface area contributed by atoms with Crippen LogP contribution in [0.4, 0.5) is 0 Å². The molecule has 5 rings (SSSR count). The maximum absolute atomic E-state index is 13.6. The minimum atomic E-state index is -0.378. The molecule has 4 aliphatic rings. The number of benzene rings is 1. The van der Waals surface area contributed by atoms with Crippen LogP contribution < -0.4 is 11.1 Å². The van der Waals surface area contributed by atoms with Gasteiger partial charge in [0, 0.05) is 63.3 Å². The van der Waals surface area contributed by atoms with Crippen molar-refractivity contribution in [1.29, 1.82) is 0 Å². The molecule has 8 heteroatoms. The molecule has 3 N–H and O–H groups in total. The predicted molar refractivity (Wildman–Crippen MR) is 144 cm³/mol. The molecular weight excluding hydrogens is 466 g/mol. The van der Waals surface area contributed by atoms with Crippen LogP contribution in [0, 0.1) is 12.8 Å². The van der Waals surface area contributed by atoms with Crippen LogP contribution in [0.15, 0.2) is 24.3 Å². The standard InChI is InChI=1S/C29H45N5O3/c1-21-4-2-3-5-23(21)19-33(13-12-32-14-16-37-17-15-32)26-18-27(34(20-26)29(36)22-6-7-22)28(35)31-25-10-8-24(30)9-11-25/h2-5,22,24-27H,6-20,30H2,1H3,(H,31,35). The van der Waals surface area contributed by atoms with Gasteiger partial charge in [0.1, 0.15) is 6.04 Å². The Labute approximate surface area is 221 Å². The number of rotatable bonds is 9. The highest BCUT2D eigenvalue weighted by Gasteiger charge is 2.46. The van der Waals surface area contributed by atoms with Crippen molar-refractivity contribution >= 4 is 11.8 Å². The molecule has 2 saturated heterocycles. The second-order valence-electron chi connectivity index (χ2n) is 11.6. The lowest BCUT2D eigenvalue weighted by Gasteiger charge is -2.33. The van der Waals surface area contributed by atoms with E-state index in [1.807, 2.05) is 4.90 Å². The van der Waals surface area contributed by atoms with E-state index in [1.165, 1.54) is 11.1 Å². The number of nitrogens with two attached hydrogens (primary N) is 1. The molecule has 0 spiro atoms. The minimum absolute atomic E-state index is 0.0287. The largest absolute Gasteiger partial charge is 0.379 e. The fourth-order valence-electron chi connectivity index (χ4n) is 6.19. The Morgan fingerprint density at radius 2 is 1.81 bits per heavy atom. The molecule has 2 amide bonds. The van der Waals surface area contributed by atoms with Crippen LogP contribution in [0.5, 0.6) is 0 Å². The minimum Gasteiger partial charge on any atom is -0.379 e. The van der Waals surface area contributed by atoms with E-state index in [-0.39, 0.29) is 41.9 Å². The van der Waals surface area contributed by atoms with Crippen molar-refractivity contribution in [3.8, 4) is 0 Å². The van der Waals surface area contributed by atoms with E-state index in [0.29, 0.717) is 13.0 Å². The highest BCUT2D eigenvalue weighted by atomic mass is 16.5. The van der Waals surface area contributed by atoms with E-state index >= 15 is 0 Å². The van der Waals surface area contributed by atoms with E-state index in [0.717, 1.165) is 84.5 Å². The van der Waals surface area contributed by atoms with Crippen molar-refractivity contribution in [2.45, 2.75) is 82.6 Å². The Morgan fingerprint density at radius 1 is 1.08 bits per heavy atom. The normalized spacial score (nSPS) is 29.0. The monoisotopic (exact) mass is 511 g/mol. The molecule has 1 aromatic rings. The molecule has 0 radical (unpaired) electrons. The van der Waals surface area contributed by atoms with Crippen LogP contribution in [-0.2, 0) is 20.9 Å². The van der Waals surface area contributed by atoms with Crippen molar-refractivity contribution in [3.05, 3.63) is 35.4 Å². The Bertz CT molecular complexity index is 924. The first-order valence-corrected chi connectivity index (χ1v) is 14.4. The third-order valence-electron chi connectivity index (χ3n) is 8.87. The van der Waals surface area contributed by atoms with Crippen LogP contribution in [0.3, 0.4) is 0 Å². The van der Waals surface area contributed by atoms with E-state index in [9.17, 15) is 9.59 Å². The van der Waals surface area contributed by atoms with Crippen molar-refractivity contribution in [2.24, 2.45) is 11.7 Å². The molecular formula is C29H45N5O3. The Balaban J connectivity index is 1.30. The summed E-state index contributed by atoms with van der Waals surface area (Å²) in [6, 6.07) is 8.77. The van der Waals surface area contributed by atoms with Gasteiger partial charge in [-0.15, -0.1) is 0 Å². The molecule has 204 valence electrons. The number of carbonyl (C=O) groups excluding carboxylic acids is 2. The number of hydrogen-bond acceptors (Lipinski definition) is 6. The van der Waals surface area contributed by atoms with Gasteiger partial charge >= 0.3 is 0 Å². The molecule has 2 saturated carbocycles. The quantitative estimate of drug-likeness (QED) is 0.526. The average Bonchev–Trinajstić information content (AvgIpc) is 3.67. The number of carbonyl (C=O) groups is 2. The molecule has 2 aliphatic heterocycles. The van der Waals surface area contributed by atoms with Gasteiger partial charge in [-0.3, -0.25) is 19.4 Å². The average molecular weight is 512 g/mol. The molecule has 37 heavy (non-hydrogen) atoms. The van der Waals surface area contributed by atoms with Gasteiger partial charge < -0.3 is 20.7 Å². The summed E-state index contributed by atoms with van der Waals surface area (Å²) in [7, 11) is 0. The number of nitrogens with one attached hydrogen (secondary N) is 1. The van der Waals surface area contributed by atoms with Crippen LogP contribution in [-0.4, -0.2) is 96.6 Å². The van der Waals surface area contributed by atoms with E-state index in [1.54, 1.807) is 0 Å². The van der Waals surface area contributed by atoms with Crippen LogP contribution >= 0.6 is 0 Å². The first-order valence-electron chi connectivity index (χ1n) is 14.4. The highest BCUT2D eigenvalue weighted by Crippen LogP contribution is 2.35. The predicted octanol–water partition coefficient (Wildman–Crippen LogP) is 1.89. The fraction of sp³-hybridized carbons (Fsp3) is 0.724. The van der Waals surface area contributed by atoms with Gasteiger partial charge in [0.15, 0.2) is 0 Å². The van der Waals surface area contributed by atoms with Gasteiger partial charge in [0.2, 0.25) is 11.8 Å². The summed E-state index contributed by atoms with van der Waals surface area (Å²) >= 11 is 0. The lowest BCUT2D eigenvalue weighted by atomic mass is 9.91. The van der Waals surface area contributed by atoms with Gasteiger partial charge in [0.25, 0.3) is 0 Å². The van der Waals surface area contributed by atoms with Gasteiger partial charge in [-0.05, 0) is 63.0 Å². The Kier molecular flexibility index (Phi) is 8.80. The number of nitrogens with zero attached hydrogens (tertiary/aromatic N) is 3. The summed E-state index contributed by atoms with van der Waals surface area (Å²) in [6.45, 7) is 9.04. The Hall–Kier alpha value is -2.00. The summed E-state index contributed by atoms with van der Waals surface area (Å²) in [6.07, 6.45) is 6.38. The molecule has 2 atom stereocenters. The zero-order chi connectivity index (χ0) is 25.8. The molecule has 2 heterocycles. The number of amides is 2. The lowest BCUT2D eigenvalue weighted by molar-refractivity contribution is -0.139. The van der Waals surface area contributed by atoms with Gasteiger partial charge in [-0.25, -0.2) is 0 Å². The smallest absolute Gasteiger partial charge is 0.243 e. The van der Waals surface area contributed by atoms with Crippen LogP contribution in [0.25, 0.3) is 0 Å². The van der Waals surface area contributed by atoms with E-state index < -0.39 is 0 Å². The SMILES string of the molecule is Cc1ccccc1CN(CCN1CCOCC1)C1CC(C(=O)NC2CCC(N)CC2)N(C(=O)C2CC2)C1. The van der Waals surface area contributed by atoms with Crippen molar-refractivity contribution in [1.82, 2.24) is 20.0 Å². The molecule has 2 unspecified atom stereocenters. The third kappa shape index (κ3) is 6.91. The lowest BCUT2D eigenvalue weighted by Crippen LogP contribution is -2.50. The van der Waals surface area contributed by atoms with Crippen molar-refractivity contribution < 1.29 is 14.3 Å². The first kappa shape index (κ1) is 26.6. The second kappa shape index (κ2) is 12.2. The third-order valence-corrected chi connectivity index (χ3v) is 8.87. The number of hydrogen-bond donors (Lipinski definition) is 2. The maximum atomic E-state index is 13.6. The zero-order valence-corrected chi connectivity index (χ0v) is 22.4. The molecule has 0 bridgehead atoms. The molecule has 1 aromatic carbocycles.